The molecule has 1 heterocycles. The molecule has 0 radical (unpaired) electrons. The number of nitrogens with zero attached hydrogens (tertiary/aromatic N) is 4. The highest BCUT2D eigenvalue weighted by molar-refractivity contribution is 6.44. The quantitative estimate of drug-likeness (QED) is 0.00667. The van der Waals surface area contributed by atoms with Crippen LogP contribution in [0.15, 0.2) is 134 Å². The van der Waals surface area contributed by atoms with Crippen LogP contribution >= 0.6 is 0 Å². The second-order valence-electron chi connectivity index (χ2n) is 25.6. The molecule has 28 nitrogen and oxygen atoms in total. The Bertz CT molecular complexity index is 3070. The summed E-state index contributed by atoms with van der Waals surface area (Å²) in [6.45, 7) is 8.53. The van der Waals surface area contributed by atoms with Crippen molar-refractivity contribution in [3.63, 3.8) is 0 Å². The number of fused-ring (bicyclic) bond motifs is 2. The molecule has 2 aliphatic carbocycles. The Labute approximate surface area is 597 Å². The Morgan fingerprint density at radius 2 is 1.17 bits per heavy atom. The number of nitrogens with one attached hydrogen (secondary N) is 2. The van der Waals surface area contributed by atoms with Crippen LogP contribution in [0.25, 0.3) is 0 Å². The van der Waals surface area contributed by atoms with Crippen molar-refractivity contribution in [3.05, 3.63) is 185 Å². The van der Waals surface area contributed by atoms with E-state index in [-0.39, 0.29) is 111 Å². The first-order chi connectivity index (χ1) is 49.1. The minimum absolute atomic E-state index is 0.00742. The van der Waals surface area contributed by atoms with Crippen LogP contribution in [0.5, 0.6) is 5.75 Å². The van der Waals surface area contributed by atoms with Crippen molar-refractivity contribution in [1.82, 2.24) is 10.6 Å². The summed E-state index contributed by atoms with van der Waals surface area (Å²) in [5.74, 6) is -0.645. The van der Waals surface area contributed by atoms with E-state index < -0.39 is 63.3 Å². The summed E-state index contributed by atoms with van der Waals surface area (Å²) in [5, 5.41) is 75.8. The number of carbonyl (C=O) groups is 4. The van der Waals surface area contributed by atoms with Crippen LogP contribution in [0.4, 0.5) is 5.69 Å². The summed E-state index contributed by atoms with van der Waals surface area (Å²) >= 11 is 0. The van der Waals surface area contributed by atoms with Gasteiger partial charge in [-0.1, -0.05) is 130 Å². The zero-order valence-electron chi connectivity index (χ0n) is 59.2. The number of hydrogen-bond donors (Lipinski definition) is 5. The van der Waals surface area contributed by atoms with Gasteiger partial charge in [-0.3, -0.25) is 29.3 Å². The first-order valence-electron chi connectivity index (χ1n) is 35.7. The summed E-state index contributed by atoms with van der Waals surface area (Å²) in [7, 11) is -0.108. The fourth-order valence-corrected chi connectivity index (χ4v) is 12.2. The van der Waals surface area contributed by atoms with Gasteiger partial charge in [0.05, 0.1) is 35.9 Å². The van der Waals surface area contributed by atoms with Crippen molar-refractivity contribution >= 4 is 36.6 Å². The van der Waals surface area contributed by atoms with Gasteiger partial charge < -0.3 is 59.2 Å². The van der Waals surface area contributed by atoms with Gasteiger partial charge in [-0.05, 0) is 164 Å². The molecule has 1 saturated heterocycles. The highest BCUT2D eigenvalue weighted by Gasteiger charge is 2.49. The van der Waals surface area contributed by atoms with Crippen molar-refractivity contribution in [1.29, 1.82) is 0 Å². The number of esters is 2. The second kappa shape index (κ2) is 49.9. The zero-order chi connectivity index (χ0) is 74.4. The molecule has 5 N–H and O–H groups in total. The molecule has 6 rings (SSSR count). The third kappa shape index (κ3) is 36.3. The number of hydrogen-bond acceptors (Lipinski definition) is 22. The van der Waals surface area contributed by atoms with E-state index in [9.17, 15) is 75.0 Å². The summed E-state index contributed by atoms with van der Waals surface area (Å²) in [6.07, 6.45) is 27.6. The molecule has 0 aromatic heterocycles. The van der Waals surface area contributed by atoms with E-state index in [1.807, 2.05) is 99.7 Å². The normalized spacial score (nSPS) is 20.3. The molecule has 12 atom stereocenters. The molecule has 2 saturated carbocycles. The van der Waals surface area contributed by atoms with Crippen LogP contribution in [-0.2, 0) is 60.6 Å². The zero-order valence-corrected chi connectivity index (χ0v) is 59.2. The standard InChI is InChI=1S/C32H48N2O8.C29H44BNO4.C12H13N3O10/c1-3-33-31(37)16-10-5-4-9-15-27-28(30(36)22-29(27)35)21-20-26(19-18-25-13-7-6-8-14-25)42-32(38)17-11-12-24(2)23-41-34(39)40;1-3-5-21-30-34-27-22-28(35-30)26(20-19-24(32)18-17-23-13-9-8-10-14-23)25(27)15-11-6-7-12-16-29(33)31-4-2;16-12(24-10-6-4-9(5-7-10)13(17)18)3-1-2-11(25-15(21)22)8-23-14(19)20/h4,6-9,13-14,20-21,24,26-30,35-36H,3,5,10-12,15-19,22-23H2,1-2H3,(H,33,37);6,8-11,13-14,19-20,24-28,32H,3-5,7,12,15-18,21-22H2,1-2H3,(H,31,33);4-7,11H,1-3,8H2/b9-4-,21-20+;11-6-,20-19?;/t24-,26+,27-,28-,29+,30-;24-,25+,26+,27?,28?;11-/m101/s1. The number of aliphatic hydroxyl groups is 3. The predicted octanol–water partition coefficient (Wildman–Crippen LogP) is 11.7. The van der Waals surface area contributed by atoms with Crippen LogP contribution in [0.3, 0.4) is 0 Å². The van der Waals surface area contributed by atoms with Crippen LogP contribution < -0.4 is 15.4 Å². The fraction of sp³-hybridized carbons (Fsp3) is 0.589. The minimum Gasteiger partial charge on any atom is -0.458 e. The number of non-ortho nitro benzene ring substituents is 1. The first kappa shape index (κ1) is 85.8. The van der Waals surface area contributed by atoms with Gasteiger partial charge in [0.25, 0.3) is 20.9 Å². The largest absolute Gasteiger partial charge is 0.458 e. The fourth-order valence-electron chi connectivity index (χ4n) is 12.2. The summed E-state index contributed by atoms with van der Waals surface area (Å²) in [4.78, 5) is 101. The maximum atomic E-state index is 12.7. The van der Waals surface area contributed by atoms with Crippen LogP contribution in [0, 0.1) is 70.0 Å². The highest BCUT2D eigenvalue weighted by Crippen LogP contribution is 2.44. The summed E-state index contributed by atoms with van der Waals surface area (Å²) in [6, 6.07) is 25.1. The molecule has 562 valence electrons. The van der Waals surface area contributed by atoms with Crippen LogP contribution in [0.2, 0.25) is 6.32 Å². The van der Waals surface area contributed by atoms with Crippen molar-refractivity contribution < 1.29 is 88.0 Å². The van der Waals surface area contributed by atoms with E-state index in [4.69, 9.17) is 18.8 Å². The van der Waals surface area contributed by atoms with Crippen LogP contribution in [-0.4, -0.2) is 135 Å². The molecule has 29 heteroatoms. The Kier molecular flexibility index (Phi) is 41.9. The lowest BCUT2D eigenvalue weighted by Gasteiger charge is -2.27. The number of amides is 2. The lowest BCUT2D eigenvalue weighted by atomic mass is 9.80. The number of rotatable bonds is 46. The van der Waals surface area contributed by atoms with Gasteiger partial charge in [0.1, 0.15) is 24.6 Å². The van der Waals surface area contributed by atoms with E-state index in [2.05, 4.69) is 62.4 Å². The van der Waals surface area contributed by atoms with E-state index in [0.29, 0.717) is 70.4 Å². The van der Waals surface area contributed by atoms with Crippen molar-refractivity contribution in [2.75, 3.05) is 26.3 Å². The molecule has 3 aromatic rings. The Hall–Kier alpha value is -8.64. The first-order valence-corrected chi connectivity index (χ1v) is 35.7. The average Bonchev–Trinajstić information content (AvgIpc) is 1.65. The van der Waals surface area contributed by atoms with Gasteiger partial charge in [0.15, 0.2) is 0 Å². The molecular weight excluding hydrogens is 1320 g/mol. The number of nitro benzene ring substituents is 1. The molecule has 3 aliphatic rings. The predicted molar refractivity (Wildman–Crippen MR) is 380 cm³/mol. The third-order valence-corrected chi connectivity index (χ3v) is 17.5. The molecule has 1 aliphatic heterocycles. The van der Waals surface area contributed by atoms with Crippen molar-refractivity contribution in [2.45, 2.75) is 218 Å². The number of nitro groups is 1. The number of allylic oxidation sites excluding steroid dienone is 4. The van der Waals surface area contributed by atoms with E-state index in [1.54, 1.807) is 0 Å². The minimum atomic E-state index is -1.20. The van der Waals surface area contributed by atoms with Crippen LogP contribution in [0.1, 0.15) is 167 Å². The Balaban J connectivity index is 0.000000335. The number of ether oxygens (including phenoxy) is 2. The number of unbranched alkanes of at least 4 members (excludes halogenated alkanes) is 3. The second-order valence-corrected chi connectivity index (χ2v) is 25.6. The van der Waals surface area contributed by atoms with E-state index in [0.717, 1.165) is 69.7 Å². The summed E-state index contributed by atoms with van der Waals surface area (Å²) in [5.41, 5.74) is 2.21. The molecule has 2 bridgehead atoms. The molecule has 2 unspecified atom stereocenters. The summed E-state index contributed by atoms with van der Waals surface area (Å²) < 4.78 is 23.5. The molecule has 102 heavy (non-hydrogen) atoms. The highest BCUT2D eigenvalue weighted by atomic mass is 17.0. The lowest BCUT2D eigenvalue weighted by molar-refractivity contribution is -0.790. The maximum absolute atomic E-state index is 12.7. The average molecular weight is 1430 g/mol. The van der Waals surface area contributed by atoms with Gasteiger partial charge in [-0.15, -0.1) is 30.3 Å². The smallest absolute Gasteiger partial charge is 0.457 e. The topological polar surface area (TPSA) is 390 Å². The maximum Gasteiger partial charge on any atom is 0.457 e. The van der Waals surface area contributed by atoms with E-state index >= 15 is 0 Å². The molecule has 2 amide bonds. The van der Waals surface area contributed by atoms with E-state index in [1.165, 1.54) is 29.8 Å². The SMILES string of the molecule is CCCCB1OC2CC(O1)[C@H](C/C=C\CCCC(=O)NCC)[C@H]2C=C[C@@H](O)CCc1ccccc1.CCNC(=O)CCC/C=C\C[C@@H]1[C@@H](/C=C/[C@H](CCc2ccccc2)OC(=O)CCC[C@@H](C)CO[N+](=O)[O-])[C@H](O)C[C@@H]1O.O=C(CCC[C@H](CO[N+](=O)[O-])O[N+](=O)[O-])Oc1ccc([N+](=O)[O-])cc1. The van der Waals surface area contributed by atoms with Gasteiger partial charge in [0.2, 0.25) is 11.8 Å². The molecule has 3 fully saturated rings. The number of aryl methyl sites for hydroxylation is 2. The van der Waals surface area contributed by atoms with Crippen molar-refractivity contribution in [3.8, 4) is 5.75 Å². The number of benzene rings is 3. The van der Waals surface area contributed by atoms with Crippen molar-refractivity contribution in [2.24, 2.45) is 29.6 Å². The Morgan fingerprint density at radius 3 is 1.75 bits per heavy atom. The van der Waals surface area contributed by atoms with Gasteiger partial charge in [-0.25, -0.2) is 0 Å². The number of carbonyl (C=O) groups excluding carboxylic acids is 4. The monoisotopic (exact) mass is 1430 g/mol. The van der Waals surface area contributed by atoms with Gasteiger partial charge in [-0.2, -0.15) is 0 Å². The third-order valence-electron chi connectivity index (χ3n) is 17.5. The van der Waals surface area contributed by atoms with Gasteiger partial charge in [0, 0.05) is 75.3 Å². The molecule has 0 spiro atoms. The Morgan fingerprint density at radius 1 is 0.608 bits per heavy atom. The molecule has 3 aromatic carbocycles. The van der Waals surface area contributed by atoms with Gasteiger partial charge >= 0.3 is 19.1 Å². The number of aliphatic hydroxyl groups excluding tert-OH is 3. The lowest BCUT2D eigenvalue weighted by Crippen LogP contribution is -2.37. The molecular formula is C73H105BN6O22.